The molecule has 144 valence electrons. The van der Waals surface area contributed by atoms with Crippen molar-refractivity contribution in [3.05, 3.63) is 83.3 Å². The zero-order chi connectivity index (χ0) is 20.2. The number of aryl methyl sites for hydroxylation is 1. The first-order valence-electron chi connectivity index (χ1n) is 8.82. The fraction of sp³-hybridized carbons (Fsp3) is 0.143. The predicted molar refractivity (Wildman–Crippen MR) is 101 cm³/mol. The number of benzene rings is 1. The summed E-state index contributed by atoms with van der Waals surface area (Å²) in [6.45, 7) is 1.88. The van der Waals surface area contributed by atoms with Crippen LogP contribution in [0.2, 0.25) is 0 Å². The van der Waals surface area contributed by atoms with Crippen molar-refractivity contribution in [1.82, 2.24) is 14.5 Å². The van der Waals surface area contributed by atoms with Crippen LogP contribution in [0.25, 0.3) is 5.52 Å². The molecule has 4 aromatic rings. The SMILES string of the molecule is Cc1nc(COc2ccc(C(=O)OCc3cn4ccccc4c3C#N)cc2)no1. The van der Waals surface area contributed by atoms with E-state index in [4.69, 9.17) is 14.0 Å². The first-order chi connectivity index (χ1) is 14.1. The average molecular weight is 388 g/mol. The molecule has 3 heterocycles. The maximum atomic E-state index is 12.3. The molecule has 3 aromatic heterocycles. The number of hydrogen-bond donors (Lipinski definition) is 0. The molecule has 0 aliphatic carbocycles. The summed E-state index contributed by atoms with van der Waals surface area (Å²) in [5, 5.41) is 13.2. The molecule has 0 saturated heterocycles. The Balaban J connectivity index is 1.38. The lowest BCUT2D eigenvalue weighted by molar-refractivity contribution is 0.0472. The van der Waals surface area contributed by atoms with Crippen LogP contribution in [0.3, 0.4) is 0 Å². The summed E-state index contributed by atoms with van der Waals surface area (Å²) in [6.07, 6.45) is 3.63. The van der Waals surface area contributed by atoms with Gasteiger partial charge in [-0.25, -0.2) is 4.79 Å². The van der Waals surface area contributed by atoms with Crippen molar-refractivity contribution in [2.75, 3.05) is 0 Å². The molecule has 0 fully saturated rings. The van der Waals surface area contributed by atoms with Gasteiger partial charge >= 0.3 is 5.97 Å². The number of carbonyl (C=O) groups is 1. The van der Waals surface area contributed by atoms with Gasteiger partial charge in [0.25, 0.3) is 0 Å². The van der Waals surface area contributed by atoms with Gasteiger partial charge in [-0.1, -0.05) is 11.2 Å². The number of fused-ring (bicyclic) bond motifs is 1. The summed E-state index contributed by atoms with van der Waals surface area (Å²) in [6, 6.07) is 14.3. The van der Waals surface area contributed by atoms with Crippen LogP contribution in [0.5, 0.6) is 5.75 Å². The van der Waals surface area contributed by atoms with Crippen LogP contribution < -0.4 is 4.74 Å². The van der Waals surface area contributed by atoms with Crippen molar-refractivity contribution >= 4 is 11.5 Å². The van der Waals surface area contributed by atoms with E-state index in [0.29, 0.717) is 34.2 Å². The van der Waals surface area contributed by atoms with E-state index in [1.807, 2.05) is 28.8 Å². The topological polar surface area (TPSA) is 103 Å². The quantitative estimate of drug-likeness (QED) is 0.466. The van der Waals surface area contributed by atoms with Crippen LogP contribution in [0.1, 0.15) is 33.2 Å². The molecule has 0 saturated carbocycles. The Hall–Kier alpha value is -4.12. The summed E-state index contributed by atoms with van der Waals surface area (Å²) in [5.41, 5.74) is 2.32. The van der Waals surface area contributed by atoms with E-state index in [2.05, 4.69) is 16.2 Å². The van der Waals surface area contributed by atoms with Crippen LogP contribution in [-0.2, 0) is 18.0 Å². The number of nitrogens with zero attached hydrogens (tertiary/aromatic N) is 4. The molecular weight excluding hydrogens is 372 g/mol. The van der Waals surface area contributed by atoms with E-state index in [1.165, 1.54) is 0 Å². The molecule has 0 spiro atoms. The van der Waals surface area contributed by atoms with Gasteiger partial charge in [0.15, 0.2) is 6.61 Å². The van der Waals surface area contributed by atoms with Crippen molar-refractivity contribution < 1.29 is 18.8 Å². The third kappa shape index (κ3) is 3.94. The maximum Gasteiger partial charge on any atom is 0.338 e. The van der Waals surface area contributed by atoms with Crippen molar-refractivity contribution in [1.29, 1.82) is 5.26 Å². The van der Waals surface area contributed by atoms with Crippen LogP contribution >= 0.6 is 0 Å². The number of ether oxygens (including phenoxy) is 2. The second kappa shape index (κ2) is 7.86. The minimum absolute atomic E-state index is 0.0127. The largest absolute Gasteiger partial charge is 0.485 e. The first-order valence-corrected chi connectivity index (χ1v) is 8.82. The molecule has 0 amide bonds. The fourth-order valence-corrected chi connectivity index (χ4v) is 2.88. The number of rotatable bonds is 6. The third-order valence-corrected chi connectivity index (χ3v) is 4.26. The third-order valence-electron chi connectivity index (χ3n) is 4.26. The van der Waals surface area contributed by atoms with Crippen molar-refractivity contribution in [3.8, 4) is 11.8 Å². The summed E-state index contributed by atoms with van der Waals surface area (Å²) >= 11 is 0. The molecule has 1 aromatic carbocycles. The second-order valence-corrected chi connectivity index (χ2v) is 6.25. The summed E-state index contributed by atoms with van der Waals surface area (Å²) in [4.78, 5) is 16.4. The number of nitriles is 1. The zero-order valence-electron chi connectivity index (χ0n) is 15.5. The minimum Gasteiger partial charge on any atom is -0.485 e. The van der Waals surface area contributed by atoms with E-state index in [9.17, 15) is 10.1 Å². The lowest BCUT2D eigenvalue weighted by atomic mass is 10.2. The highest BCUT2D eigenvalue weighted by Gasteiger charge is 2.13. The number of pyridine rings is 1. The molecular formula is C21H16N4O4. The molecule has 0 aliphatic heterocycles. The molecule has 0 bridgehead atoms. The van der Waals surface area contributed by atoms with Crippen LogP contribution in [0, 0.1) is 18.3 Å². The second-order valence-electron chi connectivity index (χ2n) is 6.25. The summed E-state index contributed by atoms with van der Waals surface area (Å²) in [7, 11) is 0. The van der Waals surface area contributed by atoms with Gasteiger partial charge in [0.1, 0.15) is 18.4 Å². The molecule has 4 rings (SSSR count). The predicted octanol–water partition coefficient (Wildman–Crippen LogP) is 3.44. The van der Waals surface area contributed by atoms with E-state index in [0.717, 1.165) is 5.52 Å². The average Bonchev–Trinajstić information content (AvgIpc) is 3.33. The van der Waals surface area contributed by atoms with Gasteiger partial charge in [-0.2, -0.15) is 10.2 Å². The van der Waals surface area contributed by atoms with Crippen molar-refractivity contribution in [2.45, 2.75) is 20.1 Å². The molecule has 0 N–H and O–H groups in total. The van der Waals surface area contributed by atoms with Gasteiger partial charge < -0.3 is 18.4 Å². The highest BCUT2D eigenvalue weighted by Crippen LogP contribution is 2.20. The van der Waals surface area contributed by atoms with E-state index < -0.39 is 5.97 Å². The van der Waals surface area contributed by atoms with Gasteiger partial charge in [-0.15, -0.1) is 0 Å². The van der Waals surface area contributed by atoms with Crippen LogP contribution in [0.4, 0.5) is 0 Å². The lowest BCUT2D eigenvalue weighted by Gasteiger charge is -2.06. The Morgan fingerprint density at radius 2 is 2.03 bits per heavy atom. The Bertz CT molecular complexity index is 1200. The number of carbonyl (C=O) groups excluding carboxylic acids is 1. The molecule has 0 atom stereocenters. The Morgan fingerprint density at radius 3 is 2.76 bits per heavy atom. The molecule has 0 radical (unpaired) electrons. The highest BCUT2D eigenvalue weighted by molar-refractivity contribution is 5.89. The fourth-order valence-electron chi connectivity index (χ4n) is 2.88. The van der Waals surface area contributed by atoms with E-state index in [-0.39, 0.29) is 13.2 Å². The van der Waals surface area contributed by atoms with Crippen LogP contribution in [0.15, 0.2) is 59.4 Å². The van der Waals surface area contributed by atoms with Gasteiger partial charge in [0.2, 0.25) is 11.7 Å². The molecule has 8 heteroatoms. The Labute approximate surface area is 165 Å². The lowest BCUT2D eigenvalue weighted by Crippen LogP contribution is -2.05. The summed E-state index contributed by atoms with van der Waals surface area (Å²) < 4.78 is 17.7. The molecule has 29 heavy (non-hydrogen) atoms. The standard InChI is InChI=1S/C21H16N4O4/c1-14-23-20(24-29-14)13-27-17-7-5-15(6-8-17)21(26)28-12-16-11-25-9-3-2-4-19(25)18(16)10-22/h2-9,11H,12-13H2,1H3. The van der Waals surface area contributed by atoms with Crippen LogP contribution in [-0.4, -0.2) is 20.5 Å². The normalized spacial score (nSPS) is 10.6. The molecule has 8 nitrogen and oxygen atoms in total. The van der Waals surface area contributed by atoms with E-state index >= 15 is 0 Å². The van der Waals surface area contributed by atoms with Gasteiger partial charge in [-0.05, 0) is 36.4 Å². The highest BCUT2D eigenvalue weighted by atomic mass is 16.5. The van der Waals surface area contributed by atoms with Gasteiger partial charge in [-0.3, -0.25) is 0 Å². The van der Waals surface area contributed by atoms with Crippen molar-refractivity contribution in [3.63, 3.8) is 0 Å². The van der Waals surface area contributed by atoms with Crippen molar-refractivity contribution in [2.24, 2.45) is 0 Å². The smallest absolute Gasteiger partial charge is 0.338 e. The Morgan fingerprint density at radius 1 is 1.21 bits per heavy atom. The minimum atomic E-state index is -0.482. The first kappa shape index (κ1) is 18.3. The van der Waals surface area contributed by atoms with Gasteiger partial charge in [0, 0.05) is 24.9 Å². The monoisotopic (exact) mass is 388 g/mol. The molecule has 0 unspecified atom stereocenters. The number of hydrogen-bond acceptors (Lipinski definition) is 7. The maximum absolute atomic E-state index is 12.3. The number of aromatic nitrogens is 3. The Kier molecular flexibility index (Phi) is 4.95. The summed E-state index contributed by atoms with van der Waals surface area (Å²) in [5.74, 6) is 0.996. The van der Waals surface area contributed by atoms with Gasteiger partial charge in [0.05, 0.1) is 16.6 Å². The van der Waals surface area contributed by atoms with E-state index in [1.54, 1.807) is 37.4 Å². The molecule has 0 aliphatic rings. The zero-order valence-corrected chi connectivity index (χ0v) is 15.5. The number of esters is 1.